The predicted octanol–water partition coefficient (Wildman–Crippen LogP) is 17.0. The van der Waals surface area contributed by atoms with Crippen molar-refractivity contribution < 1.29 is 0 Å². The molecule has 1 aliphatic carbocycles. The maximum atomic E-state index is 2.55. The zero-order chi connectivity index (χ0) is 46.2. The minimum absolute atomic E-state index is 0.506. The van der Waals surface area contributed by atoms with Crippen LogP contribution >= 0.6 is 0 Å². The molecule has 0 amide bonds. The van der Waals surface area contributed by atoms with Gasteiger partial charge in [-0.25, -0.2) is 0 Å². The highest BCUT2D eigenvalue weighted by molar-refractivity contribution is 6.13. The predicted molar refractivity (Wildman–Crippen MR) is 290 cm³/mol. The second-order valence-corrected chi connectivity index (χ2v) is 18.7. The first kappa shape index (κ1) is 40.1. The van der Waals surface area contributed by atoms with Gasteiger partial charge in [-0.05, 0) is 109 Å². The molecule has 0 saturated heterocycles. The molecule has 11 aromatic carbocycles. The molecule has 0 saturated carbocycles. The molecule has 2 heterocycles. The van der Waals surface area contributed by atoms with Crippen LogP contribution in [-0.4, -0.2) is 4.57 Å². The number of anilines is 3. The average molecular weight is 891 g/mol. The summed E-state index contributed by atoms with van der Waals surface area (Å²) in [4.78, 5) is 2.43. The van der Waals surface area contributed by atoms with Gasteiger partial charge in [0.05, 0.1) is 27.6 Å². The third-order valence-electron chi connectivity index (χ3n) is 15.3. The normalized spacial score (nSPS) is 13.0. The highest BCUT2D eigenvalue weighted by atomic mass is 15.1. The van der Waals surface area contributed by atoms with E-state index in [1.54, 1.807) is 0 Å². The van der Waals surface area contributed by atoms with Crippen molar-refractivity contribution in [3.8, 4) is 27.9 Å². The zero-order valence-electron chi connectivity index (χ0n) is 38.5. The second-order valence-electron chi connectivity index (χ2n) is 18.7. The summed E-state index contributed by atoms with van der Waals surface area (Å²) in [6, 6.07) is 103. The van der Waals surface area contributed by atoms with Crippen LogP contribution in [0, 0.1) is 0 Å². The Kier molecular flexibility index (Phi) is 9.06. The van der Waals surface area contributed by atoms with Gasteiger partial charge in [0.1, 0.15) is 0 Å². The Bertz CT molecular complexity index is 3790. The van der Waals surface area contributed by atoms with E-state index < -0.39 is 10.8 Å². The lowest BCUT2D eigenvalue weighted by Crippen LogP contribution is -2.33. The summed E-state index contributed by atoms with van der Waals surface area (Å²) in [5.41, 5.74) is 21.0. The molecule has 0 atom stereocenters. The van der Waals surface area contributed by atoms with E-state index in [0.29, 0.717) is 0 Å². The van der Waals surface area contributed by atoms with E-state index in [9.17, 15) is 0 Å². The average Bonchev–Trinajstić information content (AvgIpc) is 3.93. The van der Waals surface area contributed by atoms with Gasteiger partial charge in [0.25, 0.3) is 0 Å². The molecule has 2 nitrogen and oxygen atoms in total. The first-order valence-corrected chi connectivity index (χ1v) is 24.3. The molecule has 0 fully saturated rings. The topological polar surface area (TPSA) is 8.17 Å². The van der Waals surface area contributed by atoms with Crippen LogP contribution < -0.4 is 4.90 Å². The van der Waals surface area contributed by atoms with Crippen molar-refractivity contribution in [1.29, 1.82) is 0 Å². The quantitative estimate of drug-likeness (QED) is 0.138. The molecule has 2 heteroatoms. The summed E-state index contributed by atoms with van der Waals surface area (Å²) in [6.07, 6.45) is 0. The molecule has 0 radical (unpaired) electrons. The lowest BCUT2D eigenvalue weighted by Gasteiger charge is -2.40. The summed E-state index contributed by atoms with van der Waals surface area (Å²) >= 11 is 0. The van der Waals surface area contributed by atoms with Crippen LogP contribution in [0.1, 0.15) is 44.5 Å². The number of nitrogens with zero attached hydrogens (tertiary/aromatic N) is 2. The molecule has 70 heavy (non-hydrogen) atoms. The Morgan fingerprint density at radius 2 is 0.800 bits per heavy atom. The standard InChI is InChI=1S/C68H46N2/c1-5-22-49(23-6-1)67(50-24-7-2-8-25-50,51-26-9-3-10-27-51)52-41-39-47(40-42-52)48-21-19-30-54(45-48)69(53-28-11-4-12-29-53)55-43-44-62-65(46-55)70-64-38-18-15-33-58(64)59-34-20-37-63(66(59)70)68(62)60-35-16-13-31-56(60)57-32-14-17-36-61(57)68/h1-46H. The summed E-state index contributed by atoms with van der Waals surface area (Å²) < 4.78 is 2.55. The van der Waals surface area contributed by atoms with Crippen molar-refractivity contribution in [3.63, 3.8) is 0 Å². The Morgan fingerprint density at radius 3 is 1.44 bits per heavy atom. The van der Waals surface area contributed by atoms with Crippen LogP contribution in [0.4, 0.5) is 17.1 Å². The Labute approximate surface area is 408 Å². The maximum Gasteiger partial charge on any atom is 0.0754 e. The van der Waals surface area contributed by atoms with Crippen LogP contribution in [0.2, 0.25) is 0 Å². The maximum absolute atomic E-state index is 2.55. The van der Waals surface area contributed by atoms with E-state index in [1.165, 1.54) is 83.1 Å². The van der Waals surface area contributed by atoms with Gasteiger partial charge in [0, 0.05) is 27.8 Å². The summed E-state index contributed by atoms with van der Waals surface area (Å²) in [5.74, 6) is 0. The SMILES string of the molecule is c1ccc(N(c2cccc(-c3ccc(C(c4ccccc4)(c4ccccc4)c4ccccc4)cc3)c2)c2ccc3c(c2)-n2c4ccccc4c4cccc(c42)C32c3ccccc3-c3ccccc32)cc1. The molecular formula is C68H46N2. The Balaban J connectivity index is 0.951. The molecular weight excluding hydrogens is 845 g/mol. The summed E-state index contributed by atoms with van der Waals surface area (Å²) in [7, 11) is 0. The van der Waals surface area contributed by atoms with E-state index in [1.807, 2.05) is 0 Å². The van der Waals surface area contributed by atoms with Crippen molar-refractivity contribution in [3.05, 3.63) is 324 Å². The van der Waals surface area contributed by atoms with Crippen LogP contribution in [0.3, 0.4) is 0 Å². The van der Waals surface area contributed by atoms with Crippen LogP contribution in [0.5, 0.6) is 0 Å². The van der Waals surface area contributed by atoms with Gasteiger partial charge < -0.3 is 9.47 Å². The molecule has 14 rings (SSSR count). The van der Waals surface area contributed by atoms with Gasteiger partial charge in [0.2, 0.25) is 0 Å². The van der Waals surface area contributed by atoms with Gasteiger partial charge in [-0.15, -0.1) is 0 Å². The minimum Gasteiger partial charge on any atom is -0.310 e. The zero-order valence-corrected chi connectivity index (χ0v) is 38.5. The monoisotopic (exact) mass is 890 g/mol. The number of aromatic nitrogens is 1. The summed E-state index contributed by atoms with van der Waals surface area (Å²) in [5, 5.41) is 2.54. The van der Waals surface area contributed by atoms with Gasteiger partial charge in [-0.1, -0.05) is 237 Å². The molecule has 0 N–H and O–H groups in total. The number of fused-ring (bicyclic) bond motifs is 12. The number of hydrogen-bond acceptors (Lipinski definition) is 1. The lowest BCUT2D eigenvalue weighted by atomic mass is 9.65. The molecule has 1 aromatic heterocycles. The molecule has 0 unspecified atom stereocenters. The van der Waals surface area contributed by atoms with Crippen molar-refractivity contribution in [2.75, 3.05) is 4.90 Å². The van der Waals surface area contributed by atoms with E-state index in [-0.39, 0.29) is 0 Å². The Morgan fingerprint density at radius 1 is 0.314 bits per heavy atom. The fraction of sp³-hybridized carbons (Fsp3) is 0.0294. The number of para-hydroxylation sites is 3. The van der Waals surface area contributed by atoms with Crippen LogP contribution in [0.25, 0.3) is 49.7 Å². The van der Waals surface area contributed by atoms with Gasteiger partial charge >= 0.3 is 0 Å². The van der Waals surface area contributed by atoms with E-state index >= 15 is 0 Å². The smallest absolute Gasteiger partial charge is 0.0754 e. The van der Waals surface area contributed by atoms with Crippen molar-refractivity contribution in [1.82, 2.24) is 4.57 Å². The molecule has 1 aliphatic heterocycles. The lowest BCUT2D eigenvalue weighted by molar-refractivity contribution is 0.745. The van der Waals surface area contributed by atoms with Gasteiger partial charge in [0.15, 0.2) is 0 Å². The third kappa shape index (κ3) is 5.68. The van der Waals surface area contributed by atoms with Crippen molar-refractivity contribution >= 4 is 38.9 Å². The second kappa shape index (κ2) is 15.8. The molecule has 12 aromatic rings. The van der Waals surface area contributed by atoms with Crippen molar-refractivity contribution in [2.45, 2.75) is 10.8 Å². The largest absolute Gasteiger partial charge is 0.310 e. The number of hydrogen-bond donors (Lipinski definition) is 0. The number of rotatable bonds is 8. The van der Waals surface area contributed by atoms with Gasteiger partial charge in [-0.3, -0.25) is 0 Å². The molecule has 2 aliphatic rings. The van der Waals surface area contributed by atoms with Crippen molar-refractivity contribution in [2.24, 2.45) is 0 Å². The first-order chi connectivity index (χ1) is 34.7. The van der Waals surface area contributed by atoms with Crippen LogP contribution in [-0.2, 0) is 10.8 Å². The Hall–Kier alpha value is -8.98. The highest BCUT2D eigenvalue weighted by Crippen LogP contribution is 2.61. The fourth-order valence-electron chi connectivity index (χ4n) is 12.5. The fourth-order valence-corrected chi connectivity index (χ4v) is 12.5. The number of benzene rings is 11. The highest BCUT2D eigenvalue weighted by Gasteiger charge is 2.51. The minimum atomic E-state index is -0.515. The molecule has 0 bridgehead atoms. The van der Waals surface area contributed by atoms with E-state index in [0.717, 1.165) is 28.2 Å². The van der Waals surface area contributed by atoms with E-state index in [2.05, 4.69) is 289 Å². The third-order valence-corrected chi connectivity index (χ3v) is 15.3. The molecule has 1 spiro atoms. The van der Waals surface area contributed by atoms with Crippen LogP contribution in [0.15, 0.2) is 279 Å². The van der Waals surface area contributed by atoms with Gasteiger partial charge in [-0.2, -0.15) is 0 Å². The summed E-state index contributed by atoms with van der Waals surface area (Å²) in [6.45, 7) is 0. The van der Waals surface area contributed by atoms with E-state index in [4.69, 9.17) is 0 Å². The molecule has 328 valence electrons. The first-order valence-electron chi connectivity index (χ1n) is 24.3.